The molecule has 1 unspecified atom stereocenters. The van der Waals surface area contributed by atoms with Crippen molar-refractivity contribution < 1.29 is 9.90 Å². The Labute approximate surface area is 196 Å². The van der Waals surface area contributed by atoms with Crippen LogP contribution >= 0.6 is 22.6 Å². The topological polar surface area (TPSA) is 37.3 Å². The van der Waals surface area contributed by atoms with Crippen molar-refractivity contribution in [2.45, 2.75) is 89.4 Å². The van der Waals surface area contributed by atoms with Gasteiger partial charge in [-0.25, -0.2) is 0 Å². The predicted octanol–water partition coefficient (Wildman–Crippen LogP) is 8.38. The first-order valence-corrected chi connectivity index (χ1v) is 12.8. The molecular formula is C27H37IO2. The highest BCUT2D eigenvalue weighted by molar-refractivity contribution is 14.1. The maximum Gasteiger partial charge on any atom is 0.310 e. The van der Waals surface area contributed by atoms with Crippen LogP contribution in [-0.4, -0.2) is 11.1 Å². The lowest BCUT2D eigenvalue weighted by Crippen LogP contribution is -2.11. The number of hydrogen-bond acceptors (Lipinski definition) is 1. The summed E-state index contributed by atoms with van der Waals surface area (Å²) in [6.45, 7) is 0. The second-order valence-electron chi connectivity index (χ2n) is 8.36. The Balaban J connectivity index is 1.39. The maximum absolute atomic E-state index is 11.5. The molecule has 0 saturated heterocycles. The zero-order valence-corrected chi connectivity index (χ0v) is 20.4. The molecule has 2 rings (SSSR count). The van der Waals surface area contributed by atoms with Gasteiger partial charge in [-0.2, -0.15) is 0 Å². The van der Waals surface area contributed by atoms with Crippen LogP contribution < -0.4 is 0 Å². The second kappa shape index (κ2) is 15.4. The average molecular weight is 520 g/mol. The van der Waals surface area contributed by atoms with Crippen molar-refractivity contribution in [2.24, 2.45) is 0 Å². The molecule has 0 bridgehead atoms. The predicted molar refractivity (Wildman–Crippen MR) is 135 cm³/mol. The molecule has 30 heavy (non-hydrogen) atoms. The number of halogens is 1. The molecule has 2 aromatic rings. The van der Waals surface area contributed by atoms with Crippen LogP contribution in [0.4, 0.5) is 0 Å². The first-order chi connectivity index (χ1) is 14.7. The van der Waals surface area contributed by atoms with Gasteiger partial charge in [0, 0.05) is 3.57 Å². The summed E-state index contributed by atoms with van der Waals surface area (Å²) in [4.78, 5) is 11.5. The number of unbranched alkanes of at least 4 members (excludes halogenated alkanes) is 10. The molecule has 0 aromatic heterocycles. The number of benzene rings is 2. The van der Waals surface area contributed by atoms with Gasteiger partial charge in [0.25, 0.3) is 0 Å². The molecule has 0 amide bonds. The van der Waals surface area contributed by atoms with E-state index in [1.54, 1.807) is 0 Å². The minimum atomic E-state index is -0.695. The van der Waals surface area contributed by atoms with Crippen molar-refractivity contribution >= 4 is 28.6 Å². The summed E-state index contributed by atoms with van der Waals surface area (Å²) in [6.07, 6.45) is 16.0. The van der Waals surface area contributed by atoms with Crippen LogP contribution in [0.2, 0.25) is 0 Å². The van der Waals surface area contributed by atoms with E-state index in [2.05, 4.69) is 46.9 Å². The lowest BCUT2D eigenvalue weighted by molar-refractivity contribution is -0.139. The van der Waals surface area contributed by atoms with Gasteiger partial charge in [0.1, 0.15) is 0 Å². The zero-order valence-electron chi connectivity index (χ0n) is 18.2. The monoisotopic (exact) mass is 520 g/mol. The van der Waals surface area contributed by atoms with E-state index in [0.717, 1.165) is 24.8 Å². The largest absolute Gasteiger partial charge is 0.481 e. The van der Waals surface area contributed by atoms with E-state index in [4.69, 9.17) is 0 Å². The van der Waals surface area contributed by atoms with Gasteiger partial charge in [-0.3, -0.25) is 4.79 Å². The van der Waals surface area contributed by atoms with E-state index in [1.165, 1.54) is 73.3 Å². The quantitative estimate of drug-likeness (QED) is 0.178. The third-order valence-electron chi connectivity index (χ3n) is 5.87. The summed E-state index contributed by atoms with van der Waals surface area (Å²) in [5.74, 6) is -1.04. The Bertz CT molecular complexity index is 697. The third kappa shape index (κ3) is 10.6. The minimum absolute atomic E-state index is 0.350. The molecule has 2 aromatic carbocycles. The van der Waals surface area contributed by atoms with Crippen LogP contribution in [0.1, 0.15) is 94.1 Å². The van der Waals surface area contributed by atoms with Crippen LogP contribution in [0, 0.1) is 3.57 Å². The van der Waals surface area contributed by atoms with E-state index >= 15 is 0 Å². The molecule has 0 heterocycles. The van der Waals surface area contributed by atoms with Gasteiger partial charge in [-0.1, -0.05) is 107 Å². The van der Waals surface area contributed by atoms with Crippen LogP contribution in [0.25, 0.3) is 0 Å². The van der Waals surface area contributed by atoms with Crippen LogP contribution in [0.3, 0.4) is 0 Å². The Morgan fingerprint density at radius 3 is 1.73 bits per heavy atom. The van der Waals surface area contributed by atoms with Crippen molar-refractivity contribution in [1.82, 2.24) is 0 Å². The minimum Gasteiger partial charge on any atom is -0.481 e. The number of carbonyl (C=O) groups is 1. The average Bonchev–Trinajstić information content (AvgIpc) is 2.75. The number of aliphatic carboxylic acids is 1. The maximum atomic E-state index is 11.5. The molecule has 0 radical (unpaired) electrons. The van der Waals surface area contributed by atoms with Gasteiger partial charge in [0.2, 0.25) is 0 Å². The van der Waals surface area contributed by atoms with Gasteiger partial charge in [0.05, 0.1) is 5.92 Å². The van der Waals surface area contributed by atoms with Gasteiger partial charge in [-0.15, -0.1) is 0 Å². The molecule has 0 spiro atoms. The second-order valence-corrected chi connectivity index (χ2v) is 9.60. The fourth-order valence-corrected chi connectivity index (χ4v) is 4.40. The summed E-state index contributed by atoms with van der Waals surface area (Å²) >= 11 is 2.36. The molecular weight excluding hydrogens is 483 g/mol. The van der Waals surface area contributed by atoms with Gasteiger partial charge < -0.3 is 5.11 Å². The molecule has 0 aliphatic rings. The van der Waals surface area contributed by atoms with E-state index in [9.17, 15) is 9.90 Å². The van der Waals surface area contributed by atoms with Gasteiger partial charge in [0.15, 0.2) is 0 Å². The standard InChI is InChI=1S/C27H37IO2/c28-25-21-19-23(20-22-25)15-11-8-6-4-2-1-3-5-7-9-14-18-26(27(29)30)24-16-12-10-13-17-24/h10,12-13,16-17,19-22,26H,1-9,11,14-15,18H2,(H,29,30). The SMILES string of the molecule is O=C(O)C(CCCCCCCCCCCCCc1ccc(I)cc1)c1ccccc1. The first-order valence-electron chi connectivity index (χ1n) is 11.7. The smallest absolute Gasteiger partial charge is 0.310 e. The number of carboxylic acid groups (broad SMARTS) is 1. The normalized spacial score (nSPS) is 12.0. The van der Waals surface area contributed by atoms with E-state index < -0.39 is 5.97 Å². The third-order valence-corrected chi connectivity index (χ3v) is 6.59. The summed E-state index contributed by atoms with van der Waals surface area (Å²) in [7, 11) is 0. The molecule has 0 fully saturated rings. The fourth-order valence-electron chi connectivity index (χ4n) is 4.04. The molecule has 0 aliphatic heterocycles. The highest BCUT2D eigenvalue weighted by Gasteiger charge is 2.18. The van der Waals surface area contributed by atoms with Gasteiger partial charge in [-0.05, 0) is 65.1 Å². The van der Waals surface area contributed by atoms with Crippen LogP contribution in [0.15, 0.2) is 54.6 Å². The fraction of sp³-hybridized carbons (Fsp3) is 0.519. The van der Waals surface area contributed by atoms with Crippen molar-refractivity contribution in [3.05, 3.63) is 69.3 Å². The van der Waals surface area contributed by atoms with E-state index in [0.29, 0.717) is 0 Å². The van der Waals surface area contributed by atoms with Crippen molar-refractivity contribution in [2.75, 3.05) is 0 Å². The number of hydrogen-bond donors (Lipinski definition) is 1. The first kappa shape index (κ1) is 24.9. The Kier molecular flexibility index (Phi) is 12.8. The van der Waals surface area contributed by atoms with Crippen molar-refractivity contribution in [3.63, 3.8) is 0 Å². The highest BCUT2D eigenvalue weighted by Crippen LogP contribution is 2.23. The molecule has 1 N–H and O–H groups in total. The zero-order chi connectivity index (χ0) is 21.4. The molecule has 2 nitrogen and oxygen atoms in total. The summed E-state index contributed by atoms with van der Waals surface area (Å²) in [6, 6.07) is 18.6. The Hall–Kier alpha value is -1.36. The van der Waals surface area contributed by atoms with E-state index in [-0.39, 0.29) is 5.92 Å². The molecule has 3 heteroatoms. The Morgan fingerprint density at radius 2 is 1.20 bits per heavy atom. The molecule has 1 atom stereocenters. The molecule has 0 saturated carbocycles. The number of aryl methyl sites for hydroxylation is 1. The summed E-state index contributed by atoms with van der Waals surface area (Å²) < 4.78 is 1.31. The van der Waals surface area contributed by atoms with Crippen molar-refractivity contribution in [1.29, 1.82) is 0 Å². The molecule has 0 aliphatic carbocycles. The van der Waals surface area contributed by atoms with Crippen LogP contribution in [-0.2, 0) is 11.2 Å². The lowest BCUT2D eigenvalue weighted by Gasteiger charge is -2.12. The number of rotatable bonds is 16. The summed E-state index contributed by atoms with van der Waals surface area (Å²) in [5, 5.41) is 9.47. The lowest BCUT2D eigenvalue weighted by atomic mass is 9.93. The van der Waals surface area contributed by atoms with Crippen molar-refractivity contribution in [3.8, 4) is 0 Å². The molecule has 164 valence electrons. The highest BCUT2D eigenvalue weighted by atomic mass is 127. The number of carboxylic acids is 1. The van der Waals surface area contributed by atoms with E-state index in [1.807, 2.05) is 30.3 Å². The van der Waals surface area contributed by atoms with Gasteiger partial charge >= 0.3 is 5.97 Å². The Morgan fingerprint density at radius 1 is 0.700 bits per heavy atom. The van der Waals surface area contributed by atoms with Crippen LogP contribution in [0.5, 0.6) is 0 Å². The summed E-state index contributed by atoms with van der Waals surface area (Å²) in [5.41, 5.74) is 2.40.